The number of hydrogen-bond acceptors (Lipinski definition) is 4. The lowest BCUT2D eigenvalue weighted by Gasteiger charge is -2.02. The van der Waals surface area contributed by atoms with Crippen molar-refractivity contribution in [1.29, 1.82) is 0 Å². The average Bonchev–Trinajstić information content (AvgIpc) is 2.05. The summed E-state index contributed by atoms with van der Waals surface area (Å²) >= 11 is 1.56. The summed E-state index contributed by atoms with van der Waals surface area (Å²) in [5, 5.41) is 4.51. The van der Waals surface area contributed by atoms with Crippen LogP contribution in [0.1, 0.15) is 6.92 Å². The molecule has 0 amide bonds. The van der Waals surface area contributed by atoms with Crippen molar-refractivity contribution in [3.63, 3.8) is 0 Å². The van der Waals surface area contributed by atoms with Crippen LogP contribution < -0.4 is 5.32 Å². The minimum atomic E-state index is -0.326. The van der Waals surface area contributed by atoms with E-state index in [9.17, 15) is 4.79 Å². The van der Waals surface area contributed by atoms with Crippen LogP contribution in [0.5, 0.6) is 0 Å². The zero-order valence-electron chi connectivity index (χ0n) is 7.01. The lowest BCUT2D eigenvalue weighted by atomic mass is 10.5. The number of likely N-dealkylation sites (N-methyl/N-ethyl adjacent to an activating group) is 1. The normalized spacial score (nSPS) is 11.0. The minimum Gasteiger partial charge on any atom is -0.464 e. The summed E-state index contributed by atoms with van der Waals surface area (Å²) in [6, 6.07) is 0. The number of ether oxygens (including phenoxy) is 1. The number of methoxy groups -OCH3 is 1. The van der Waals surface area contributed by atoms with Crippen LogP contribution in [0, 0.1) is 0 Å². The number of hydrogen-bond donors (Lipinski definition) is 1. The van der Waals surface area contributed by atoms with Crippen molar-refractivity contribution in [3.05, 3.63) is 11.1 Å². The smallest absolute Gasteiger partial charge is 0.354 e. The second-order valence-corrected chi connectivity index (χ2v) is 2.87. The minimum absolute atomic E-state index is 0.326. The molecule has 0 aliphatic carbocycles. The van der Waals surface area contributed by atoms with E-state index in [1.807, 2.05) is 6.92 Å². The topological polar surface area (TPSA) is 38.3 Å². The van der Waals surface area contributed by atoms with Gasteiger partial charge in [-0.1, -0.05) is 6.92 Å². The fraction of sp³-hybridized carbons (Fsp3) is 0.571. The molecule has 0 aromatic carbocycles. The van der Waals surface area contributed by atoms with E-state index in [0.717, 1.165) is 5.75 Å². The molecule has 0 radical (unpaired) electrons. The summed E-state index contributed by atoms with van der Waals surface area (Å²) in [5.74, 6) is 0.621. The summed E-state index contributed by atoms with van der Waals surface area (Å²) in [4.78, 5) is 10.9. The Bertz CT molecular complexity index is 157. The quantitative estimate of drug-likeness (QED) is 0.510. The van der Waals surface area contributed by atoms with Crippen molar-refractivity contribution < 1.29 is 9.53 Å². The van der Waals surface area contributed by atoms with Crippen molar-refractivity contribution >= 4 is 17.7 Å². The lowest BCUT2D eigenvalue weighted by molar-refractivity contribution is -0.136. The molecular weight excluding hydrogens is 162 g/mol. The molecule has 0 aliphatic heterocycles. The van der Waals surface area contributed by atoms with Crippen LogP contribution in [0.3, 0.4) is 0 Å². The van der Waals surface area contributed by atoms with Gasteiger partial charge in [0.1, 0.15) is 5.70 Å². The maximum atomic E-state index is 10.9. The number of esters is 1. The third-order valence-corrected chi connectivity index (χ3v) is 1.78. The van der Waals surface area contributed by atoms with Gasteiger partial charge in [0, 0.05) is 12.5 Å². The van der Waals surface area contributed by atoms with Crippen molar-refractivity contribution in [1.82, 2.24) is 5.32 Å². The zero-order chi connectivity index (χ0) is 8.69. The van der Waals surface area contributed by atoms with Crippen LogP contribution in [0.15, 0.2) is 11.1 Å². The molecule has 0 saturated heterocycles. The van der Waals surface area contributed by atoms with Crippen LogP contribution in [-0.2, 0) is 9.53 Å². The van der Waals surface area contributed by atoms with Gasteiger partial charge in [-0.15, -0.1) is 11.8 Å². The van der Waals surface area contributed by atoms with Gasteiger partial charge in [-0.3, -0.25) is 0 Å². The van der Waals surface area contributed by atoms with Gasteiger partial charge in [0.05, 0.1) is 7.11 Å². The highest BCUT2D eigenvalue weighted by Gasteiger charge is 2.05. The Morgan fingerprint density at radius 2 is 2.36 bits per heavy atom. The molecule has 3 nitrogen and oxygen atoms in total. The number of thioether (sulfide) groups is 1. The van der Waals surface area contributed by atoms with Gasteiger partial charge in [0.25, 0.3) is 0 Å². The Morgan fingerprint density at radius 3 is 2.73 bits per heavy atom. The first-order chi connectivity index (χ1) is 5.26. The molecule has 0 bridgehead atoms. The molecule has 4 heteroatoms. The number of rotatable bonds is 4. The summed E-state index contributed by atoms with van der Waals surface area (Å²) in [6.07, 6.45) is 0. The summed E-state index contributed by atoms with van der Waals surface area (Å²) in [5.41, 5.74) is 0.499. The predicted octanol–water partition coefficient (Wildman–Crippen LogP) is 0.973. The molecule has 0 aromatic heterocycles. The largest absolute Gasteiger partial charge is 0.464 e. The van der Waals surface area contributed by atoms with E-state index < -0.39 is 0 Å². The molecule has 0 rings (SSSR count). The predicted molar refractivity (Wildman–Crippen MR) is 47.3 cm³/mol. The Labute approximate surface area is 71.2 Å². The van der Waals surface area contributed by atoms with Gasteiger partial charge < -0.3 is 10.1 Å². The maximum Gasteiger partial charge on any atom is 0.354 e. The molecule has 1 N–H and O–H groups in total. The van der Waals surface area contributed by atoms with Crippen molar-refractivity contribution in [3.8, 4) is 0 Å². The Hall–Kier alpha value is -0.640. The highest BCUT2D eigenvalue weighted by atomic mass is 32.2. The van der Waals surface area contributed by atoms with Gasteiger partial charge in [0.15, 0.2) is 0 Å². The molecule has 0 fully saturated rings. The average molecular weight is 175 g/mol. The summed E-state index contributed by atoms with van der Waals surface area (Å²) in [6.45, 7) is 2.02. The SMILES string of the molecule is CCS/C=C(\NC)C(=O)OC. The Balaban J connectivity index is 4.03. The van der Waals surface area contributed by atoms with Crippen molar-refractivity contribution in [2.75, 3.05) is 19.9 Å². The van der Waals surface area contributed by atoms with Crippen LogP contribution in [-0.4, -0.2) is 25.9 Å². The molecule has 0 unspecified atom stereocenters. The van der Waals surface area contributed by atoms with Gasteiger partial charge in [-0.05, 0) is 5.75 Å². The highest BCUT2D eigenvalue weighted by molar-refractivity contribution is 8.02. The number of carbonyl (C=O) groups is 1. The first-order valence-corrected chi connectivity index (χ1v) is 4.39. The molecular formula is C7H13NO2S. The van der Waals surface area contributed by atoms with Crippen LogP contribution in [0.25, 0.3) is 0 Å². The third-order valence-electron chi connectivity index (χ3n) is 1.04. The van der Waals surface area contributed by atoms with E-state index >= 15 is 0 Å². The Kier molecular flexibility index (Phi) is 5.74. The third kappa shape index (κ3) is 3.93. The summed E-state index contributed by atoms with van der Waals surface area (Å²) in [7, 11) is 3.06. The van der Waals surface area contributed by atoms with Gasteiger partial charge in [0.2, 0.25) is 0 Å². The van der Waals surface area contributed by atoms with Gasteiger partial charge >= 0.3 is 5.97 Å². The number of carbonyl (C=O) groups excluding carboxylic acids is 1. The van der Waals surface area contributed by atoms with Crippen LogP contribution in [0.4, 0.5) is 0 Å². The van der Waals surface area contributed by atoms with Gasteiger partial charge in [-0.25, -0.2) is 4.79 Å². The fourth-order valence-corrected chi connectivity index (χ4v) is 1.03. The lowest BCUT2D eigenvalue weighted by Crippen LogP contribution is -2.16. The molecule has 0 aliphatic rings. The Morgan fingerprint density at radius 1 is 1.73 bits per heavy atom. The molecule has 0 atom stereocenters. The van der Waals surface area contributed by atoms with Gasteiger partial charge in [-0.2, -0.15) is 0 Å². The summed E-state index contributed by atoms with van der Waals surface area (Å²) < 4.78 is 4.52. The van der Waals surface area contributed by atoms with E-state index in [0.29, 0.717) is 5.70 Å². The standard InChI is InChI=1S/C7H13NO2S/c1-4-11-5-6(8-2)7(9)10-3/h5,8H,4H2,1-3H3/b6-5-. The van der Waals surface area contributed by atoms with E-state index in [1.165, 1.54) is 7.11 Å². The molecule has 0 heterocycles. The second-order valence-electron chi connectivity index (χ2n) is 1.73. The van der Waals surface area contributed by atoms with E-state index in [4.69, 9.17) is 0 Å². The van der Waals surface area contributed by atoms with E-state index in [1.54, 1.807) is 24.2 Å². The molecule has 0 aromatic rings. The first-order valence-electron chi connectivity index (χ1n) is 3.34. The molecule has 11 heavy (non-hydrogen) atoms. The van der Waals surface area contributed by atoms with E-state index in [2.05, 4.69) is 10.1 Å². The van der Waals surface area contributed by atoms with Crippen LogP contribution in [0.2, 0.25) is 0 Å². The zero-order valence-corrected chi connectivity index (χ0v) is 7.83. The number of nitrogens with one attached hydrogen (secondary N) is 1. The first kappa shape index (κ1) is 10.4. The molecule has 64 valence electrons. The second kappa shape index (κ2) is 6.09. The monoisotopic (exact) mass is 175 g/mol. The molecule has 0 saturated carbocycles. The maximum absolute atomic E-state index is 10.9. The van der Waals surface area contributed by atoms with Crippen LogP contribution >= 0.6 is 11.8 Å². The van der Waals surface area contributed by atoms with Crippen molar-refractivity contribution in [2.45, 2.75) is 6.92 Å². The fourth-order valence-electron chi connectivity index (χ4n) is 0.486. The molecule has 0 spiro atoms. The highest BCUT2D eigenvalue weighted by Crippen LogP contribution is 2.04. The van der Waals surface area contributed by atoms with E-state index in [-0.39, 0.29) is 5.97 Å². The van der Waals surface area contributed by atoms with Crippen molar-refractivity contribution in [2.24, 2.45) is 0 Å².